The van der Waals surface area contributed by atoms with Gasteiger partial charge in [0, 0.05) is 6.54 Å². The molecule has 0 aliphatic carbocycles. The van der Waals surface area contributed by atoms with Gasteiger partial charge in [0.1, 0.15) is 5.82 Å². The molecule has 0 radical (unpaired) electrons. The van der Waals surface area contributed by atoms with Crippen LogP contribution in [0.1, 0.15) is 13.8 Å². The molecule has 2 heterocycles. The summed E-state index contributed by atoms with van der Waals surface area (Å²) in [6.45, 7) is 5.27. The van der Waals surface area contributed by atoms with Crippen molar-refractivity contribution in [2.45, 2.75) is 20.0 Å². The summed E-state index contributed by atoms with van der Waals surface area (Å²) in [6, 6.07) is 0. The molecule has 7 heteroatoms. The van der Waals surface area contributed by atoms with Crippen molar-refractivity contribution in [3.63, 3.8) is 0 Å². The number of anilines is 2. The van der Waals surface area contributed by atoms with Gasteiger partial charge in [-0.25, -0.2) is 0 Å². The molecular formula is C10H16N6O. The topological polar surface area (TPSA) is 102 Å². The van der Waals surface area contributed by atoms with Crippen LogP contribution in [0.3, 0.4) is 0 Å². The molecule has 4 N–H and O–H groups in total. The Labute approximate surface area is 98.8 Å². The van der Waals surface area contributed by atoms with Crippen LogP contribution < -0.4 is 11.1 Å². The summed E-state index contributed by atoms with van der Waals surface area (Å²) in [7, 11) is 0. The van der Waals surface area contributed by atoms with Crippen LogP contribution >= 0.6 is 0 Å². The average molecular weight is 236 g/mol. The maximum Gasteiger partial charge on any atom is 0.224 e. The van der Waals surface area contributed by atoms with Crippen molar-refractivity contribution in [2.24, 2.45) is 0 Å². The first-order valence-corrected chi connectivity index (χ1v) is 5.49. The Hall–Kier alpha value is -1.89. The number of rotatable bonds is 5. The zero-order chi connectivity index (χ0) is 12.3. The molecule has 2 aromatic heterocycles. The molecule has 0 amide bonds. The van der Waals surface area contributed by atoms with Gasteiger partial charge in [0.15, 0.2) is 5.65 Å². The number of nitrogen functional groups attached to an aromatic ring is 1. The van der Waals surface area contributed by atoms with E-state index in [0.29, 0.717) is 24.6 Å². The minimum atomic E-state index is 0.217. The maximum atomic E-state index is 5.60. The Morgan fingerprint density at radius 2 is 2.29 bits per heavy atom. The lowest BCUT2D eigenvalue weighted by Gasteiger charge is -2.09. The fraction of sp³-hybridized carbons (Fsp3) is 0.500. The van der Waals surface area contributed by atoms with Crippen LogP contribution in [0.25, 0.3) is 11.0 Å². The summed E-state index contributed by atoms with van der Waals surface area (Å²) in [5, 5.41) is 10.6. The lowest BCUT2D eigenvalue weighted by atomic mass is 10.4. The van der Waals surface area contributed by atoms with Crippen LogP contribution in [0.4, 0.5) is 11.8 Å². The summed E-state index contributed by atoms with van der Waals surface area (Å²) < 4.78 is 5.43. The molecule has 17 heavy (non-hydrogen) atoms. The number of H-pyrrole nitrogens is 1. The number of nitrogens with zero attached hydrogens (tertiary/aromatic N) is 3. The van der Waals surface area contributed by atoms with Crippen LogP contribution in [0, 0.1) is 0 Å². The number of nitrogens with one attached hydrogen (secondary N) is 2. The van der Waals surface area contributed by atoms with E-state index < -0.39 is 0 Å². The molecule has 0 aliphatic heterocycles. The van der Waals surface area contributed by atoms with Gasteiger partial charge in [-0.15, -0.1) is 0 Å². The fourth-order valence-electron chi connectivity index (χ4n) is 1.45. The van der Waals surface area contributed by atoms with E-state index in [1.807, 2.05) is 13.8 Å². The standard InChI is InChI=1S/C10H16N6O/c1-6(2)17-4-3-12-8-7-5-13-16-9(7)15-10(11)14-8/h5-6H,3-4H2,1-2H3,(H4,11,12,13,14,15,16). The number of aromatic nitrogens is 4. The van der Waals surface area contributed by atoms with Crippen LogP contribution in [0.2, 0.25) is 0 Å². The van der Waals surface area contributed by atoms with E-state index in [0.717, 1.165) is 5.39 Å². The van der Waals surface area contributed by atoms with Gasteiger partial charge < -0.3 is 15.8 Å². The van der Waals surface area contributed by atoms with Gasteiger partial charge in [-0.1, -0.05) is 0 Å². The highest BCUT2D eigenvalue weighted by Gasteiger charge is 2.07. The predicted octanol–water partition coefficient (Wildman–Crippen LogP) is 0.772. The molecule has 0 aromatic carbocycles. The number of ether oxygens (including phenoxy) is 1. The van der Waals surface area contributed by atoms with Crippen molar-refractivity contribution in [3.8, 4) is 0 Å². The zero-order valence-corrected chi connectivity index (χ0v) is 9.90. The second kappa shape index (κ2) is 4.96. The van der Waals surface area contributed by atoms with Crippen molar-refractivity contribution in [1.29, 1.82) is 0 Å². The summed E-state index contributed by atoms with van der Waals surface area (Å²) in [5.41, 5.74) is 6.22. The van der Waals surface area contributed by atoms with E-state index in [-0.39, 0.29) is 12.1 Å². The van der Waals surface area contributed by atoms with Crippen LogP contribution in [0.15, 0.2) is 6.20 Å². The quantitative estimate of drug-likeness (QED) is 0.663. The van der Waals surface area contributed by atoms with Gasteiger partial charge in [-0.05, 0) is 13.8 Å². The van der Waals surface area contributed by atoms with Gasteiger partial charge in [0.25, 0.3) is 0 Å². The van der Waals surface area contributed by atoms with E-state index in [2.05, 4.69) is 25.5 Å². The molecule has 0 saturated carbocycles. The van der Waals surface area contributed by atoms with E-state index in [1.165, 1.54) is 0 Å². The molecule has 0 unspecified atom stereocenters. The summed E-state index contributed by atoms with van der Waals surface area (Å²) in [5.74, 6) is 0.891. The number of aromatic amines is 1. The van der Waals surface area contributed by atoms with Crippen molar-refractivity contribution < 1.29 is 4.74 Å². The molecule has 0 fully saturated rings. The SMILES string of the molecule is CC(C)OCCNc1nc(N)nc2[nH]ncc12. The van der Waals surface area contributed by atoms with Gasteiger partial charge in [-0.3, -0.25) is 5.10 Å². The van der Waals surface area contributed by atoms with Crippen LogP contribution in [-0.2, 0) is 4.74 Å². The van der Waals surface area contributed by atoms with Gasteiger partial charge in [0.05, 0.1) is 24.3 Å². The van der Waals surface area contributed by atoms with Crippen molar-refractivity contribution in [3.05, 3.63) is 6.20 Å². The first-order chi connectivity index (χ1) is 8.16. The Bertz CT molecular complexity index is 495. The third kappa shape index (κ3) is 2.82. The molecule has 7 nitrogen and oxygen atoms in total. The van der Waals surface area contributed by atoms with E-state index in [1.54, 1.807) is 6.20 Å². The number of hydrogen-bond acceptors (Lipinski definition) is 6. The molecule has 0 saturated heterocycles. The lowest BCUT2D eigenvalue weighted by Crippen LogP contribution is -2.14. The number of nitrogens with two attached hydrogens (primary N) is 1. The average Bonchev–Trinajstić information content (AvgIpc) is 2.71. The van der Waals surface area contributed by atoms with E-state index in [4.69, 9.17) is 10.5 Å². The van der Waals surface area contributed by atoms with Gasteiger partial charge in [-0.2, -0.15) is 15.1 Å². The smallest absolute Gasteiger partial charge is 0.224 e. The minimum Gasteiger partial charge on any atom is -0.377 e. The van der Waals surface area contributed by atoms with Crippen molar-refractivity contribution in [2.75, 3.05) is 24.2 Å². The Balaban J connectivity index is 2.04. The summed E-state index contributed by atoms with van der Waals surface area (Å²) in [4.78, 5) is 8.16. The zero-order valence-electron chi connectivity index (χ0n) is 9.90. The Morgan fingerprint density at radius 3 is 3.06 bits per heavy atom. The van der Waals surface area contributed by atoms with E-state index >= 15 is 0 Å². The summed E-state index contributed by atoms with van der Waals surface area (Å²) in [6.07, 6.45) is 1.89. The molecule has 0 spiro atoms. The predicted molar refractivity (Wildman–Crippen MR) is 65.7 cm³/mol. The number of fused-ring (bicyclic) bond motifs is 1. The third-order valence-corrected chi connectivity index (χ3v) is 2.17. The summed E-state index contributed by atoms with van der Waals surface area (Å²) >= 11 is 0. The Morgan fingerprint density at radius 1 is 1.47 bits per heavy atom. The maximum absolute atomic E-state index is 5.60. The minimum absolute atomic E-state index is 0.217. The first-order valence-electron chi connectivity index (χ1n) is 5.49. The largest absolute Gasteiger partial charge is 0.377 e. The first kappa shape index (κ1) is 11.6. The molecule has 92 valence electrons. The second-order valence-corrected chi connectivity index (χ2v) is 3.91. The molecule has 2 rings (SSSR count). The molecule has 0 aliphatic rings. The highest BCUT2D eigenvalue weighted by Crippen LogP contribution is 2.18. The van der Waals surface area contributed by atoms with Crippen molar-refractivity contribution in [1.82, 2.24) is 20.2 Å². The van der Waals surface area contributed by atoms with Crippen LogP contribution in [0.5, 0.6) is 0 Å². The second-order valence-electron chi connectivity index (χ2n) is 3.91. The molecule has 0 atom stereocenters. The van der Waals surface area contributed by atoms with Crippen LogP contribution in [-0.4, -0.2) is 39.4 Å². The highest BCUT2D eigenvalue weighted by molar-refractivity contribution is 5.86. The van der Waals surface area contributed by atoms with Gasteiger partial charge in [0.2, 0.25) is 5.95 Å². The van der Waals surface area contributed by atoms with E-state index in [9.17, 15) is 0 Å². The fourth-order valence-corrected chi connectivity index (χ4v) is 1.45. The molecule has 0 bridgehead atoms. The number of hydrogen-bond donors (Lipinski definition) is 3. The normalized spacial score (nSPS) is 11.2. The third-order valence-electron chi connectivity index (χ3n) is 2.17. The molecule has 2 aromatic rings. The Kier molecular flexibility index (Phi) is 3.38. The highest BCUT2D eigenvalue weighted by atomic mass is 16.5. The molecular weight excluding hydrogens is 220 g/mol. The van der Waals surface area contributed by atoms with Gasteiger partial charge >= 0.3 is 0 Å². The lowest BCUT2D eigenvalue weighted by molar-refractivity contribution is 0.0870. The monoisotopic (exact) mass is 236 g/mol. The van der Waals surface area contributed by atoms with Crippen molar-refractivity contribution >= 4 is 22.8 Å².